The summed E-state index contributed by atoms with van der Waals surface area (Å²) < 4.78 is 26.6. The molecule has 0 aromatic heterocycles. The van der Waals surface area contributed by atoms with Crippen molar-refractivity contribution in [2.75, 3.05) is 37.4 Å². The molecular weight excluding hydrogens is 332 g/mol. The molecule has 0 aliphatic carbocycles. The summed E-state index contributed by atoms with van der Waals surface area (Å²) in [6, 6.07) is 9.46. The van der Waals surface area contributed by atoms with E-state index in [0.29, 0.717) is 25.6 Å². The van der Waals surface area contributed by atoms with Crippen molar-refractivity contribution < 1.29 is 8.42 Å². The first-order valence-corrected chi connectivity index (χ1v) is 10.6. The Morgan fingerprint density at radius 1 is 1.22 bits per heavy atom. The summed E-state index contributed by atoms with van der Waals surface area (Å²) in [6.07, 6.45) is 2.03. The molecule has 0 aliphatic heterocycles. The van der Waals surface area contributed by atoms with Crippen LogP contribution in [-0.2, 0) is 16.6 Å². The van der Waals surface area contributed by atoms with Crippen LogP contribution in [0.25, 0.3) is 0 Å². The van der Waals surface area contributed by atoms with E-state index >= 15 is 0 Å². The quantitative estimate of drug-likeness (QED) is 0.330. The average Bonchev–Trinajstić information content (AvgIpc) is 2.54. The van der Waals surface area contributed by atoms with Crippen LogP contribution in [0.4, 0.5) is 0 Å². The molecule has 0 radical (unpaired) electrons. The zero-order valence-corrected chi connectivity index (χ0v) is 15.3. The maximum atomic E-state index is 12.0. The fourth-order valence-corrected chi connectivity index (χ4v) is 2.93. The van der Waals surface area contributed by atoms with Crippen molar-refractivity contribution >= 4 is 27.7 Å². The Morgan fingerprint density at radius 2 is 1.96 bits per heavy atom. The molecule has 0 unspecified atom stereocenters. The smallest absolute Gasteiger partial charge is 0.213 e. The molecule has 0 amide bonds. The molecule has 8 heteroatoms. The Labute approximate surface area is 143 Å². The van der Waals surface area contributed by atoms with Crippen molar-refractivity contribution in [2.24, 2.45) is 4.99 Å². The van der Waals surface area contributed by atoms with E-state index in [1.165, 1.54) is 0 Å². The Bertz CT molecular complexity index is 562. The van der Waals surface area contributed by atoms with Gasteiger partial charge in [-0.3, -0.25) is 4.99 Å². The van der Waals surface area contributed by atoms with Crippen LogP contribution in [0.2, 0.25) is 0 Å². The second-order valence-corrected chi connectivity index (χ2v) is 7.72. The highest BCUT2D eigenvalue weighted by Gasteiger charge is 2.10. The zero-order valence-electron chi connectivity index (χ0n) is 13.7. The molecule has 1 aromatic rings. The Kier molecular flexibility index (Phi) is 9.74. The highest BCUT2D eigenvalue weighted by Crippen LogP contribution is 1.98. The molecule has 0 fully saturated rings. The third-order valence-corrected chi connectivity index (χ3v) is 4.83. The van der Waals surface area contributed by atoms with E-state index in [2.05, 4.69) is 20.3 Å². The summed E-state index contributed by atoms with van der Waals surface area (Å²) in [5.41, 5.74) is 0.941. The van der Waals surface area contributed by atoms with Crippen molar-refractivity contribution in [3.8, 4) is 0 Å². The Hall–Kier alpha value is -1.25. The number of benzene rings is 1. The van der Waals surface area contributed by atoms with Gasteiger partial charge in [0.25, 0.3) is 0 Å². The van der Waals surface area contributed by atoms with Crippen LogP contribution in [0.1, 0.15) is 12.5 Å². The predicted octanol–water partition coefficient (Wildman–Crippen LogP) is 1.02. The van der Waals surface area contributed by atoms with Crippen molar-refractivity contribution in [1.82, 2.24) is 15.4 Å². The summed E-state index contributed by atoms with van der Waals surface area (Å²) in [5, 5.41) is 6.14. The van der Waals surface area contributed by atoms with Gasteiger partial charge in [-0.05, 0) is 18.7 Å². The van der Waals surface area contributed by atoms with Crippen LogP contribution in [0, 0.1) is 0 Å². The van der Waals surface area contributed by atoms with Crippen LogP contribution in [0.15, 0.2) is 35.3 Å². The summed E-state index contributed by atoms with van der Waals surface area (Å²) in [5.74, 6) is 1.60. The molecule has 0 atom stereocenters. The van der Waals surface area contributed by atoms with Crippen LogP contribution in [-0.4, -0.2) is 51.8 Å². The van der Waals surface area contributed by atoms with E-state index in [4.69, 9.17) is 0 Å². The van der Waals surface area contributed by atoms with Crippen molar-refractivity contribution in [2.45, 2.75) is 13.5 Å². The van der Waals surface area contributed by atoms with E-state index in [9.17, 15) is 8.42 Å². The van der Waals surface area contributed by atoms with Gasteiger partial charge in [-0.1, -0.05) is 30.3 Å². The summed E-state index contributed by atoms with van der Waals surface area (Å²) in [7, 11) is -3.31. The number of rotatable bonds is 10. The van der Waals surface area contributed by atoms with E-state index < -0.39 is 10.0 Å². The molecule has 0 saturated heterocycles. The van der Waals surface area contributed by atoms with Gasteiger partial charge >= 0.3 is 0 Å². The maximum absolute atomic E-state index is 12.0. The average molecular weight is 359 g/mol. The molecule has 130 valence electrons. The number of thioether (sulfide) groups is 1. The molecule has 1 aromatic carbocycles. The van der Waals surface area contributed by atoms with Gasteiger partial charge in [0.2, 0.25) is 10.0 Å². The van der Waals surface area contributed by atoms with Gasteiger partial charge in [0.1, 0.15) is 0 Å². The number of aliphatic imine (C=N–C) groups is 1. The molecule has 0 saturated carbocycles. The van der Waals surface area contributed by atoms with Crippen molar-refractivity contribution in [3.05, 3.63) is 35.9 Å². The summed E-state index contributed by atoms with van der Waals surface area (Å²) >= 11 is 1.73. The molecule has 1 rings (SSSR count). The van der Waals surface area contributed by atoms with Gasteiger partial charge in [-0.2, -0.15) is 11.8 Å². The van der Waals surface area contributed by atoms with Crippen LogP contribution < -0.4 is 15.4 Å². The number of hydrogen-bond acceptors (Lipinski definition) is 4. The minimum absolute atomic E-state index is 0.00672. The van der Waals surface area contributed by atoms with Crippen molar-refractivity contribution in [3.63, 3.8) is 0 Å². The Balaban J connectivity index is 2.37. The lowest BCUT2D eigenvalue weighted by Gasteiger charge is -2.12. The second kappa shape index (κ2) is 11.3. The third-order valence-electron chi connectivity index (χ3n) is 2.91. The van der Waals surface area contributed by atoms with Crippen LogP contribution in [0.5, 0.6) is 0 Å². The van der Waals surface area contributed by atoms with Gasteiger partial charge in [-0.15, -0.1) is 0 Å². The van der Waals surface area contributed by atoms with Gasteiger partial charge in [0.15, 0.2) is 5.96 Å². The number of hydrogen-bond donors (Lipinski definition) is 3. The lowest BCUT2D eigenvalue weighted by molar-refractivity contribution is 0.580. The molecule has 6 nitrogen and oxygen atoms in total. The van der Waals surface area contributed by atoms with Crippen LogP contribution >= 0.6 is 11.8 Å². The van der Waals surface area contributed by atoms with E-state index in [0.717, 1.165) is 17.9 Å². The molecule has 23 heavy (non-hydrogen) atoms. The SMILES string of the molecule is CCNC(=NCCSC)NCCS(=O)(=O)NCc1ccccc1. The van der Waals surface area contributed by atoms with Crippen LogP contribution in [0.3, 0.4) is 0 Å². The fraction of sp³-hybridized carbons (Fsp3) is 0.533. The minimum atomic E-state index is -3.31. The largest absolute Gasteiger partial charge is 0.357 e. The fourth-order valence-electron chi connectivity index (χ4n) is 1.76. The standard InChI is InChI=1S/C15H26N4O2S2/c1-3-16-15(17-9-11-22-2)18-10-12-23(20,21)19-13-14-7-5-4-6-8-14/h4-8,19H,3,9-13H2,1-2H3,(H2,16,17,18). The lowest BCUT2D eigenvalue weighted by Crippen LogP contribution is -2.41. The monoisotopic (exact) mass is 358 g/mol. The van der Waals surface area contributed by atoms with Gasteiger partial charge in [0.05, 0.1) is 12.3 Å². The molecule has 0 aliphatic rings. The van der Waals surface area contributed by atoms with E-state index in [-0.39, 0.29) is 5.75 Å². The summed E-state index contributed by atoms with van der Waals surface area (Å²) in [6.45, 7) is 4.05. The maximum Gasteiger partial charge on any atom is 0.213 e. The highest BCUT2D eigenvalue weighted by atomic mass is 32.2. The van der Waals surface area contributed by atoms with Crippen molar-refractivity contribution in [1.29, 1.82) is 0 Å². The van der Waals surface area contributed by atoms with Gasteiger partial charge < -0.3 is 10.6 Å². The molecular formula is C15H26N4O2S2. The Morgan fingerprint density at radius 3 is 2.61 bits per heavy atom. The molecule has 0 heterocycles. The first-order chi connectivity index (χ1) is 11.1. The van der Waals surface area contributed by atoms with Gasteiger partial charge in [-0.25, -0.2) is 13.1 Å². The molecule has 3 N–H and O–H groups in total. The second-order valence-electron chi connectivity index (χ2n) is 4.81. The normalized spacial score (nSPS) is 12.2. The number of sulfonamides is 1. The zero-order chi connectivity index (χ0) is 17.0. The lowest BCUT2D eigenvalue weighted by atomic mass is 10.2. The number of nitrogens with one attached hydrogen (secondary N) is 3. The van der Waals surface area contributed by atoms with Gasteiger partial charge in [0, 0.05) is 25.4 Å². The number of nitrogens with zero attached hydrogens (tertiary/aromatic N) is 1. The minimum Gasteiger partial charge on any atom is -0.357 e. The van der Waals surface area contributed by atoms with E-state index in [1.807, 2.05) is 43.5 Å². The molecule has 0 bridgehead atoms. The summed E-state index contributed by atoms with van der Waals surface area (Å²) in [4.78, 5) is 4.37. The first-order valence-electron chi connectivity index (χ1n) is 7.59. The highest BCUT2D eigenvalue weighted by molar-refractivity contribution is 7.98. The van der Waals surface area contributed by atoms with E-state index in [1.54, 1.807) is 11.8 Å². The first kappa shape index (κ1) is 19.8. The third kappa shape index (κ3) is 9.47. The topological polar surface area (TPSA) is 82.6 Å². The predicted molar refractivity (Wildman–Crippen MR) is 99.4 cm³/mol. The molecule has 0 spiro atoms. The number of guanidine groups is 1.